The predicted octanol–water partition coefficient (Wildman–Crippen LogP) is 0.447. The van der Waals surface area contributed by atoms with E-state index in [0.717, 1.165) is 27.3 Å². The van der Waals surface area contributed by atoms with Crippen LogP contribution in [0.25, 0.3) is 0 Å². The Hall–Kier alpha value is -2.35. The van der Waals surface area contributed by atoms with Crippen molar-refractivity contribution in [2.75, 3.05) is 4.72 Å². The van der Waals surface area contributed by atoms with Crippen molar-refractivity contribution in [3.05, 3.63) is 56.9 Å². The van der Waals surface area contributed by atoms with Gasteiger partial charge in [0.1, 0.15) is 0 Å². The Bertz CT molecular complexity index is 909. The molecule has 0 atom stereocenters. The lowest BCUT2D eigenvalue weighted by atomic mass is 10.2. The van der Waals surface area contributed by atoms with Gasteiger partial charge in [-0.25, -0.2) is 13.2 Å². The van der Waals surface area contributed by atoms with Gasteiger partial charge in [0.15, 0.2) is 4.90 Å². The highest BCUT2D eigenvalue weighted by Crippen LogP contribution is 2.14. The summed E-state index contributed by atoms with van der Waals surface area (Å²) in [6.07, 6.45) is 1.86. The number of aromatic nitrogens is 2. The van der Waals surface area contributed by atoms with Gasteiger partial charge in [0.2, 0.25) is 0 Å². The van der Waals surface area contributed by atoms with Crippen LogP contribution in [0.3, 0.4) is 0 Å². The van der Waals surface area contributed by atoms with Crippen molar-refractivity contribution in [3.63, 3.8) is 0 Å². The van der Waals surface area contributed by atoms with Crippen LogP contribution in [0.5, 0.6) is 0 Å². The smallest absolute Gasteiger partial charge is 0.302 e. The second-order valence-corrected chi connectivity index (χ2v) is 6.56. The third-order valence-electron chi connectivity index (χ3n) is 3.32. The molecule has 118 valence electrons. The standard InChI is InChI=1S/C14H17N3O4S/c1-4-10-5-7-11(8-6-10)15-22(20,21)12-9-16(2)14(19)17(3)13(12)18/h5-9,15H,4H2,1-3H3. The van der Waals surface area contributed by atoms with Gasteiger partial charge in [0.05, 0.1) is 0 Å². The van der Waals surface area contributed by atoms with Crippen LogP contribution in [0.15, 0.2) is 44.9 Å². The Morgan fingerprint density at radius 2 is 1.68 bits per heavy atom. The molecule has 0 saturated carbocycles. The van der Waals surface area contributed by atoms with Crippen LogP contribution < -0.4 is 16.0 Å². The molecule has 8 heteroatoms. The molecule has 0 amide bonds. The molecule has 0 aliphatic rings. The van der Waals surface area contributed by atoms with E-state index in [-0.39, 0.29) is 0 Å². The van der Waals surface area contributed by atoms with Crippen LogP contribution >= 0.6 is 0 Å². The van der Waals surface area contributed by atoms with Gasteiger partial charge >= 0.3 is 5.69 Å². The SMILES string of the molecule is CCc1ccc(NS(=O)(=O)c2cn(C)c(=O)n(C)c2=O)cc1. The van der Waals surface area contributed by atoms with E-state index in [0.29, 0.717) is 5.69 Å². The summed E-state index contributed by atoms with van der Waals surface area (Å²) in [7, 11) is -1.45. The minimum Gasteiger partial charge on any atom is -0.302 e. The van der Waals surface area contributed by atoms with Crippen molar-refractivity contribution in [2.24, 2.45) is 14.1 Å². The fraction of sp³-hybridized carbons (Fsp3) is 0.286. The van der Waals surface area contributed by atoms with Crippen LogP contribution in [-0.2, 0) is 30.5 Å². The summed E-state index contributed by atoms with van der Waals surface area (Å²) >= 11 is 0. The Kier molecular flexibility index (Phi) is 4.23. The van der Waals surface area contributed by atoms with Crippen molar-refractivity contribution in [1.82, 2.24) is 9.13 Å². The largest absolute Gasteiger partial charge is 0.330 e. The van der Waals surface area contributed by atoms with Gasteiger partial charge in [-0.1, -0.05) is 19.1 Å². The van der Waals surface area contributed by atoms with E-state index in [1.165, 1.54) is 14.1 Å². The van der Waals surface area contributed by atoms with Crippen molar-refractivity contribution >= 4 is 15.7 Å². The number of rotatable bonds is 4. The number of nitrogens with one attached hydrogen (secondary N) is 1. The van der Waals surface area contributed by atoms with Crippen LogP contribution in [0.4, 0.5) is 5.69 Å². The van der Waals surface area contributed by atoms with Gasteiger partial charge in [-0.15, -0.1) is 0 Å². The maximum Gasteiger partial charge on any atom is 0.330 e. The second kappa shape index (κ2) is 5.80. The molecular weight excluding hydrogens is 306 g/mol. The molecule has 0 spiro atoms. The number of aryl methyl sites for hydroxylation is 2. The average Bonchev–Trinajstić information content (AvgIpc) is 2.49. The zero-order valence-electron chi connectivity index (χ0n) is 12.5. The highest BCUT2D eigenvalue weighted by Gasteiger charge is 2.21. The maximum atomic E-state index is 12.4. The molecule has 2 rings (SSSR count). The number of anilines is 1. The zero-order valence-corrected chi connectivity index (χ0v) is 13.3. The topological polar surface area (TPSA) is 90.2 Å². The quantitative estimate of drug-likeness (QED) is 0.884. The molecule has 22 heavy (non-hydrogen) atoms. The minimum absolute atomic E-state index is 0.355. The first-order valence-electron chi connectivity index (χ1n) is 6.64. The zero-order chi connectivity index (χ0) is 16.5. The van der Waals surface area contributed by atoms with Crippen molar-refractivity contribution < 1.29 is 8.42 Å². The summed E-state index contributed by atoms with van der Waals surface area (Å²) < 4.78 is 28.9. The first-order valence-corrected chi connectivity index (χ1v) is 8.13. The first kappa shape index (κ1) is 16.0. The van der Waals surface area contributed by atoms with Gasteiger partial charge in [-0.05, 0) is 24.1 Å². The van der Waals surface area contributed by atoms with E-state index >= 15 is 0 Å². The minimum atomic E-state index is -4.07. The number of sulfonamides is 1. The van der Waals surface area contributed by atoms with E-state index in [1.807, 2.05) is 6.92 Å². The van der Waals surface area contributed by atoms with Crippen LogP contribution in [0, 0.1) is 0 Å². The normalized spacial score (nSPS) is 11.4. The lowest BCUT2D eigenvalue weighted by Gasteiger charge is -2.10. The Labute approximate surface area is 127 Å². The molecule has 0 aliphatic heterocycles. The molecule has 0 bridgehead atoms. The number of hydrogen-bond acceptors (Lipinski definition) is 4. The molecule has 0 fully saturated rings. The van der Waals surface area contributed by atoms with Crippen molar-refractivity contribution in [3.8, 4) is 0 Å². The molecule has 1 N–H and O–H groups in total. The maximum absolute atomic E-state index is 12.4. The van der Waals surface area contributed by atoms with Crippen molar-refractivity contribution in [1.29, 1.82) is 0 Å². The molecule has 1 aromatic heterocycles. The van der Waals surface area contributed by atoms with Gasteiger partial charge in [-0.2, -0.15) is 0 Å². The summed E-state index contributed by atoms with van der Waals surface area (Å²) in [5.41, 5.74) is -0.0221. The second-order valence-electron chi connectivity index (χ2n) is 4.91. The highest BCUT2D eigenvalue weighted by atomic mass is 32.2. The monoisotopic (exact) mass is 323 g/mol. The molecule has 2 aromatic rings. The van der Waals surface area contributed by atoms with Crippen LogP contribution in [-0.4, -0.2) is 17.6 Å². The molecule has 0 radical (unpaired) electrons. The summed E-state index contributed by atoms with van der Waals surface area (Å²) in [6, 6.07) is 6.86. The van der Waals surface area contributed by atoms with Crippen molar-refractivity contribution in [2.45, 2.75) is 18.2 Å². The third kappa shape index (κ3) is 2.96. The summed E-state index contributed by atoms with van der Waals surface area (Å²) in [5.74, 6) is 0. The summed E-state index contributed by atoms with van der Waals surface area (Å²) in [4.78, 5) is 23.1. The lowest BCUT2D eigenvalue weighted by Crippen LogP contribution is -2.40. The predicted molar refractivity (Wildman–Crippen MR) is 83.6 cm³/mol. The highest BCUT2D eigenvalue weighted by molar-refractivity contribution is 7.92. The van der Waals surface area contributed by atoms with E-state index in [4.69, 9.17) is 0 Å². The molecule has 1 aromatic carbocycles. The molecule has 0 saturated heterocycles. The van der Waals surface area contributed by atoms with E-state index < -0.39 is 26.2 Å². The van der Waals surface area contributed by atoms with Crippen LogP contribution in [0.1, 0.15) is 12.5 Å². The summed E-state index contributed by atoms with van der Waals surface area (Å²) in [5, 5.41) is 0. The van der Waals surface area contributed by atoms with Gasteiger partial charge < -0.3 is 4.57 Å². The number of benzene rings is 1. The Balaban J connectivity index is 2.47. The fourth-order valence-corrected chi connectivity index (χ4v) is 3.20. The molecular formula is C14H17N3O4S. The van der Waals surface area contributed by atoms with E-state index in [9.17, 15) is 18.0 Å². The molecule has 7 nitrogen and oxygen atoms in total. The molecule has 0 aliphatic carbocycles. The fourth-order valence-electron chi connectivity index (χ4n) is 1.98. The van der Waals surface area contributed by atoms with Gasteiger partial charge in [0.25, 0.3) is 15.6 Å². The van der Waals surface area contributed by atoms with E-state index in [1.54, 1.807) is 24.3 Å². The average molecular weight is 323 g/mol. The Morgan fingerprint density at radius 1 is 1.09 bits per heavy atom. The third-order valence-corrected chi connectivity index (χ3v) is 4.68. The lowest BCUT2D eigenvalue weighted by molar-refractivity contribution is 0.589. The first-order chi connectivity index (χ1) is 10.3. The van der Waals surface area contributed by atoms with Crippen LogP contribution in [0.2, 0.25) is 0 Å². The van der Waals surface area contributed by atoms with E-state index in [2.05, 4.69) is 4.72 Å². The van der Waals surface area contributed by atoms with Gasteiger partial charge in [-0.3, -0.25) is 14.1 Å². The molecule has 1 heterocycles. The summed E-state index contributed by atoms with van der Waals surface area (Å²) in [6.45, 7) is 1.99. The number of nitrogens with zero attached hydrogens (tertiary/aromatic N) is 2. The number of hydrogen-bond donors (Lipinski definition) is 1. The molecule has 0 unspecified atom stereocenters. The van der Waals surface area contributed by atoms with Gasteiger partial charge in [0, 0.05) is 26.0 Å². The Morgan fingerprint density at radius 3 is 2.23 bits per heavy atom.